The maximum atomic E-state index is 5.39. The van der Waals surface area contributed by atoms with Gasteiger partial charge >= 0.3 is 0 Å². The number of anilines is 1. The van der Waals surface area contributed by atoms with E-state index in [1.54, 1.807) is 7.11 Å². The Morgan fingerprint density at radius 2 is 2.14 bits per heavy atom. The fraction of sp³-hybridized carbons (Fsp3) is 0.500. The maximum Gasteiger partial charge on any atom is 0.121 e. The van der Waals surface area contributed by atoms with Gasteiger partial charge < -0.3 is 10.1 Å². The number of fused-ring (bicyclic) bond motifs is 1. The van der Waals surface area contributed by atoms with Gasteiger partial charge in [0.05, 0.1) is 18.3 Å². The maximum absolute atomic E-state index is 5.39. The largest absolute Gasteiger partial charge is 0.497 e. The molecule has 0 aliphatic rings. The van der Waals surface area contributed by atoms with Gasteiger partial charge in [-0.1, -0.05) is 19.9 Å². The fourth-order valence-electron chi connectivity index (χ4n) is 2.70. The van der Waals surface area contributed by atoms with Gasteiger partial charge in [0, 0.05) is 36.8 Å². The first kappa shape index (κ1) is 16.6. The molecule has 0 spiro atoms. The Bertz CT molecular complexity index is 600. The molecule has 0 amide bonds. The SMILES string of the molecule is CC[C@@H](C)N(CC)CCNc1cc(OC)cc2cccnc12. The van der Waals surface area contributed by atoms with Gasteiger partial charge in [-0.2, -0.15) is 0 Å². The van der Waals surface area contributed by atoms with Crippen LogP contribution in [0.25, 0.3) is 10.9 Å². The summed E-state index contributed by atoms with van der Waals surface area (Å²) in [5.74, 6) is 0.859. The Hall–Kier alpha value is -1.81. The third-order valence-electron chi connectivity index (χ3n) is 4.25. The number of hydrogen-bond acceptors (Lipinski definition) is 4. The van der Waals surface area contributed by atoms with E-state index >= 15 is 0 Å². The lowest BCUT2D eigenvalue weighted by molar-refractivity contribution is 0.223. The van der Waals surface area contributed by atoms with Gasteiger partial charge in [-0.25, -0.2) is 0 Å². The van der Waals surface area contributed by atoms with Crippen molar-refractivity contribution >= 4 is 16.6 Å². The normalized spacial score (nSPS) is 12.6. The summed E-state index contributed by atoms with van der Waals surface area (Å²) in [6.45, 7) is 9.74. The Morgan fingerprint density at radius 1 is 1.32 bits per heavy atom. The van der Waals surface area contributed by atoms with Gasteiger partial charge in [0.15, 0.2) is 0 Å². The Labute approximate surface area is 133 Å². The molecule has 1 aromatic heterocycles. The van der Waals surface area contributed by atoms with Crippen molar-refractivity contribution in [3.63, 3.8) is 0 Å². The van der Waals surface area contributed by atoms with Crippen LogP contribution in [0.15, 0.2) is 30.5 Å². The monoisotopic (exact) mass is 301 g/mol. The average Bonchev–Trinajstić information content (AvgIpc) is 2.57. The van der Waals surface area contributed by atoms with E-state index in [9.17, 15) is 0 Å². The molecule has 1 atom stereocenters. The number of ether oxygens (including phenoxy) is 1. The smallest absolute Gasteiger partial charge is 0.121 e. The van der Waals surface area contributed by atoms with Crippen LogP contribution in [0.5, 0.6) is 5.75 Å². The van der Waals surface area contributed by atoms with Crippen LogP contribution in [0.2, 0.25) is 0 Å². The lowest BCUT2D eigenvalue weighted by Gasteiger charge is -2.27. The second kappa shape index (κ2) is 7.99. The molecule has 0 aliphatic heterocycles. The molecule has 0 saturated carbocycles. The Kier molecular flexibility index (Phi) is 6.01. The molecule has 1 N–H and O–H groups in total. The minimum Gasteiger partial charge on any atom is -0.497 e. The van der Waals surface area contributed by atoms with E-state index in [2.05, 4.69) is 42.0 Å². The van der Waals surface area contributed by atoms with Crippen LogP contribution in [0, 0.1) is 0 Å². The number of methoxy groups -OCH3 is 1. The molecule has 0 unspecified atom stereocenters. The first-order valence-corrected chi connectivity index (χ1v) is 8.10. The van der Waals surface area contributed by atoms with Crippen LogP contribution in [0.1, 0.15) is 27.2 Å². The van der Waals surface area contributed by atoms with Crippen molar-refractivity contribution in [3.8, 4) is 5.75 Å². The molecule has 1 aromatic carbocycles. The van der Waals surface area contributed by atoms with Crippen LogP contribution in [0.4, 0.5) is 5.69 Å². The van der Waals surface area contributed by atoms with Crippen molar-refractivity contribution in [1.82, 2.24) is 9.88 Å². The first-order chi connectivity index (χ1) is 10.7. The van der Waals surface area contributed by atoms with Crippen molar-refractivity contribution in [3.05, 3.63) is 30.5 Å². The molecule has 1 heterocycles. The third-order valence-corrected chi connectivity index (χ3v) is 4.25. The summed E-state index contributed by atoms with van der Waals surface area (Å²) in [7, 11) is 1.70. The van der Waals surface area contributed by atoms with E-state index in [-0.39, 0.29) is 0 Å². The predicted molar refractivity (Wildman–Crippen MR) is 93.8 cm³/mol. The molecule has 0 saturated heterocycles. The molecule has 0 radical (unpaired) electrons. The Morgan fingerprint density at radius 3 is 2.82 bits per heavy atom. The molecule has 120 valence electrons. The van der Waals surface area contributed by atoms with E-state index in [0.29, 0.717) is 6.04 Å². The summed E-state index contributed by atoms with van der Waals surface area (Å²) in [6, 6.07) is 8.67. The minimum atomic E-state index is 0.618. The zero-order valence-corrected chi connectivity index (χ0v) is 14.1. The minimum absolute atomic E-state index is 0.618. The first-order valence-electron chi connectivity index (χ1n) is 8.10. The summed E-state index contributed by atoms with van der Waals surface area (Å²) in [4.78, 5) is 6.98. The molecule has 2 aromatic rings. The van der Waals surface area contributed by atoms with E-state index in [1.807, 2.05) is 24.4 Å². The lowest BCUT2D eigenvalue weighted by atomic mass is 10.1. The summed E-state index contributed by atoms with van der Waals surface area (Å²) >= 11 is 0. The van der Waals surface area contributed by atoms with Crippen LogP contribution in [-0.4, -0.2) is 42.7 Å². The van der Waals surface area contributed by atoms with Crippen LogP contribution in [-0.2, 0) is 0 Å². The number of pyridine rings is 1. The molecular formula is C18H27N3O. The third kappa shape index (κ3) is 3.89. The van der Waals surface area contributed by atoms with Gasteiger partial charge in [-0.15, -0.1) is 0 Å². The zero-order valence-electron chi connectivity index (χ0n) is 14.1. The van der Waals surface area contributed by atoms with Crippen molar-refractivity contribution in [2.75, 3.05) is 32.1 Å². The van der Waals surface area contributed by atoms with E-state index < -0.39 is 0 Å². The standard InChI is InChI=1S/C18H27N3O/c1-5-14(3)21(6-2)11-10-19-17-13-16(22-4)12-15-8-7-9-20-18(15)17/h7-9,12-14,19H,5-6,10-11H2,1-4H3/t14-/m1/s1. The highest BCUT2D eigenvalue weighted by molar-refractivity contribution is 5.91. The van der Waals surface area contributed by atoms with Crippen LogP contribution < -0.4 is 10.1 Å². The lowest BCUT2D eigenvalue weighted by Crippen LogP contribution is -2.36. The predicted octanol–water partition coefficient (Wildman–Crippen LogP) is 3.78. The molecule has 0 fully saturated rings. The number of rotatable bonds is 8. The summed E-state index contributed by atoms with van der Waals surface area (Å²) in [6.07, 6.45) is 3.01. The van der Waals surface area contributed by atoms with Crippen molar-refractivity contribution in [2.24, 2.45) is 0 Å². The number of likely N-dealkylation sites (N-methyl/N-ethyl adjacent to an activating group) is 1. The van der Waals surface area contributed by atoms with Crippen molar-refractivity contribution < 1.29 is 4.74 Å². The molecular weight excluding hydrogens is 274 g/mol. The van der Waals surface area contributed by atoms with Gasteiger partial charge in [-0.05, 0) is 32.0 Å². The zero-order chi connectivity index (χ0) is 15.9. The molecule has 0 aliphatic carbocycles. The molecule has 2 rings (SSSR count). The number of benzene rings is 1. The Balaban J connectivity index is 2.10. The van der Waals surface area contributed by atoms with Crippen molar-refractivity contribution in [2.45, 2.75) is 33.2 Å². The number of hydrogen-bond donors (Lipinski definition) is 1. The van der Waals surface area contributed by atoms with Gasteiger partial charge in [0.25, 0.3) is 0 Å². The topological polar surface area (TPSA) is 37.4 Å². The quantitative estimate of drug-likeness (QED) is 0.805. The highest BCUT2D eigenvalue weighted by Crippen LogP contribution is 2.27. The van der Waals surface area contributed by atoms with E-state index in [0.717, 1.165) is 42.0 Å². The van der Waals surface area contributed by atoms with E-state index in [4.69, 9.17) is 4.74 Å². The highest BCUT2D eigenvalue weighted by atomic mass is 16.5. The fourth-order valence-corrected chi connectivity index (χ4v) is 2.70. The molecule has 22 heavy (non-hydrogen) atoms. The van der Waals surface area contributed by atoms with Crippen LogP contribution in [0.3, 0.4) is 0 Å². The van der Waals surface area contributed by atoms with Crippen molar-refractivity contribution in [1.29, 1.82) is 0 Å². The van der Waals surface area contributed by atoms with Gasteiger partial charge in [-0.3, -0.25) is 9.88 Å². The summed E-state index contributed by atoms with van der Waals surface area (Å²) in [5.41, 5.74) is 2.03. The molecule has 4 nitrogen and oxygen atoms in total. The summed E-state index contributed by atoms with van der Waals surface area (Å²) < 4.78 is 5.39. The molecule has 0 bridgehead atoms. The van der Waals surface area contributed by atoms with Crippen LogP contribution >= 0.6 is 0 Å². The molecule has 4 heteroatoms. The number of aromatic nitrogens is 1. The van der Waals surface area contributed by atoms with Gasteiger partial charge in [0.2, 0.25) is 0 Å². The number of nitrogens with one attached hydrogen (secondary N) is 1. The van der Waals surface area contributed by atoms with Gasteiger partial charge in [0.1, 0.15) is 5.75 Å². The van der Waals surface area contributed by atoms with E-state index in [1.165, 1.54) is 6.42 Å². The second-order valence-corrected chi connectivity index (χ2v) is 5.56. The average molecular weight is 301 g/mol. The highest BCUT2D eigenvalue weighted by Gasteiger charge is 2.10. The second-order valence-electron chi connectivity index (χ2n) is 5.56. The summed E-state index contributed by atoms with van der Waals surface area (Å²) in [5, 5.41) is 4.62. The number of nitrogens with zero attached hydrogens (tertiary/aromatic N) is 2.